The molecule has 1 aliphatic heterocycles. The number of halogens is 1. The van der Waals surface area contributed by atoms with Crippen molar-refractivity contribution >= 4 is 21.8 Å². The standard InChI is InChI=1S/C16H24FN3O3S/c1-3-10-18-16(21)13-5-4-11-20(12-13)24(22,23)19(2)15-8-6-14(17)7-9-15/h6-9,13H,3-5,10-12H2,1-2H3,(H,18,21). The lowest BCUT2D eigenvalue weighted by Gasteiger charge is -2.34. The second-order valence-electron chi connectivity index (χ2n) is 5.94. The highest BCUT2D eigenvalue weighted by molar-refractivity contribution is 7.90. The summed E-state index contributed by atoms with van der Waals surface area (Å²) >= 11 is 0. The van der Waals surface area contributed by atoms with Crippen molar-refractivity contribution in [2.24, 2.45) is 5.92 Å². The molecule has 0 aliphatic carbocycles. The van der Waals surface area contributed by atoms with Gasteiger partial charge in [-0.25, -0.2) is 4.39 Å². The highest BCUT2D eigenvalue weighted by atomic mass is 32.2. The zero-order chi connectivity index (χ0) is 17.7. The second kappa shape index (κ2) is 7.94. The molecule has 2 rings (SSSR count). The lowest BCUT2D eigenvalue weighted by Crippen LogP contribution is -2.49. The van der Waals surface area contributed by atoms with Crippen molar-refractivity contribution in [1.82, 2.24) is 9.62 Å². The Morgan fingerprint density at radius 3 is 2.67 bits per heavy atom. The van der Waals surface area contributed by atoms with E-state index in [9.17, 15) is 17.6 Å². The van der Waals surface area contributed by atoms with Crippen LogP contribution in [0, 0.1) is 11.7 Å². The maximum atomic E-state index is 13.0. The zero-order valence-corrected chi connectivity index (χ0v) is 14.9. The largest absolute Gasteiger partial charge is 0.356 e. The minimum Gasteiger partial charge on any atom is -0.356 e. The van der Waals surface area contributed by atoms with Crippen molar-refractivity contribution in [2.45, 2.75) is 26.2 Å². The second-order valence-corrected chi connectivity index (χ2v) is 7.90. The van der Waals surface area contributed by atoms with Crippen LogP contribution >= 0.6 is 0 Å². The number of nitrogens with one attached hydrogen (secondary N) is 1. The number of carbonyl (C=O) groups is 1. The molecule has 1 N–H and O–H groups in total. The third-order valence-electron chi connectivity index (χ3n) is 4.17. The molecule has 1 unspecified atom stereocenters. The summed E-state index contributed by atoms with van der Waals surface area (Å²) in [5.41, 5.74) is 0.383. The predicted octanol–water partition coefficient (Wildman–Crippen LogP) is 1.74. The Morgan fingerprint density at radius 2 is 2.04 bits per heavy atom. The summed E-state index contributed by atoms with van der Waals surface area (Å²) in [6, 6.07) is 5.28. The van der Waals surface area contributed by atoms with Crippen molar-refractivity contribution in [3.05, 3.63) is 30.1 Å². The van der Waals surface area contributed by atoms with Gasteiger partial charge in [-0.2, -0.15) is 12.7 Å². The molecule has 8 heteroatoms. The van der Waals surface area contributed by atoms with Crippen LogP contribution in [0.5, 0.6) is 0 Å². The van der Waals surface area contributed by atoms with E-state index in [1.807, 2.05) is 6.92 Å². The topological polar surface area (TPSA) is 69.7 Å². The SMILES string of the molecule is CCCNC(=O)C1CCCN(S(=O)(=O)N(C)c2ccc(F)cc2)C1. The fourth-order valence-electron chi connectivity index (χ4n) is 2.72. The molecule has 24 heavy (non-hydrogen) atoms. The van der Waals surface area contributed by atoms with E-state index >= 15 is 0 Å². The van der Waals surface area contributed by atoms with Gasteiger partial charge in [0.1, 0.15) is 5.82 Å². The van der Waals surface area contributed by atoms with Crippen LogP contribution in [-0.2, 0) is 15.0 Å². The summed E-state index contributed by atoms with van der Waals surface area (Å²) in [7, 11) is -2.32. The zero-order valence-electron chi connectivity index (χ0n) is 14.0. The van der Waals surface area contributed by atoms with Gasteiger partial charge >= 0.3 is 10.2 Å². The van der Waals surface area contributed by atoms with Crippen LogP contribution in [0.4, 0.5) is 10.1 Å². The van der Waals surface area contributed by atoms with Gasteiger partial charge in [0.15, 0.2) is 0 Å². The minimum atomic E-state index is -3.75. The number of benzene rings is 1. The first-order valence-electron chi connectivity index (χ1n) is 8.13. The van der Waals surface area contributed by atoms with Gasteiger partial charge in [-0.05, 0) is 43.5 Å². The molecule has 1 saturated heterocycles. The summed E-state index contributed by atoms with van der Waals surface area (Å²) in [6.45, 7) is 3.11. The first kappa shape index (κ1) is 18.7. The molecule has 1 fully saturated rings. The van der Waals surface area contributed by atoms with Gasteiger partial charge in [0.25, 0.3) is 0 Å². The van der Waals surface area contributed by atoms with Crippen molar-refractivity contribution in [3.8, 4) is 0 Å². The monoisotopic (exact) mass is 357 g/mol. The third-order valence-corrected chi connectivity index (χ3v) is 6.05. The lowest BCUT2D eigenvalue weighted by molar-refractivity contribution is -0.126. The first-order chi connectivity index (χ1) is 11.4. The van der Waals surface area contributed by atoms with E-state index in [0.29, 0.717) is 31.6 Å². The number of hydrogen-bond acceptors (Lipinski definition) is 3. The fraction of sp³-hybridized carbons (Fsp3) is 0.562. The van der Waals surface area contributed by atoms with Crippen molar-refractivity contribution < 1.29 is 17.6 Å². The molecule has 0 radical (unpaired) electrons. The van der Waals surface area contributed by atoms with E-state index in [1.165, 1.54) is 35.6 Å². The van der Waals surface area contributed by atoms with E-state index in [2.05, 4.69) is 5.32 Å². The minimum absolute atomic E-state index is 0.0961. The maximum Gasteiger partial charge on any atom is 0.303 e. The molecule has 0 bridgehead atoms. The van der Waals surface area contributed by atoms with E-state index in [4.69, 9.17) is 0 Å². The quantitative estimate of drug-likeness (QED) is 0.843. The number of rotatable bonds is 6. The Morgan fingerprint density at radius 1 is 1.38 bits per heavy atom. The van der Waals surface area contributed by atoms with Gasteiger partial charge < -0.3 is 5.32 Å². The summed E-state index contributed by atoms with van der Waals surface area (Å²) < 4.78 is 41.0. The van der Waals surface area contributed by atoms with Crippen molar-refractivity contribution in [3.63, 3.8) is 0 Å². The maximum absolute atomic E-state index is 13.0. The Kier molecular flexibility index (Phi) is 6.17. The van der Waals surface area contributed by atoms with Gasteiger partial charge in [-0.1, -0.05) is 6.92 Å². The van der Waals surface area contributed by atoms with E-state index in [1.54, 1.807) is 0 Å². The number of amides is 1. The fourth-order valence-corrected chi connectivity index (χ4v) is 4.18. The van der Waals surface area contributed by atoms with Gasteiger partial charge in [0, 0.05) is 26.7 Å². The highest BCUT2D eigenvalue weighted by Crippen LogP contribution is 2.24. The molecule has 6 nitrogen and oxygen atoms in total. The first-order valence-corrected chi connectivity index (χ1v) is 9.53. The number of piperidine rings is 1. The molecule has 0 spiro atoms. The molecule has 1 amide bonds. The molecule has 1 atom stereocenters. The summed E-state index contributed by atoms with van der Waals surface area (Å²) in [5.74, 6) is -0.849. The van der Waals surface area contributed by atoms with Crippen LogP contribution in [0.2, 0.25) is 0 Å². The van der Waals surface area contributed by atoms with Gasteiger partial charge in [0.2, 0.25) is 5.91 Å². The summed E-state index contributed by atoms with van der Waals surface area (Å²) in [4.78, 5) is 12.1. The molecule has 1 aliphatic rings. The Balaban J connectivity index is 2.10. The van der Waals surface area contributed by atoms with E-state index in [-0.39, 0.29) is 18.4 Å². The van der Waals surface area contributed by atoms with Crippen LogP contribution in [0.1, 0.15) is 26.2 Å². The molecular weight excluding hydrogens is 333 g/mol. The number of anilines is 1. The molecule has 1 aromatic carbocycles. The van der Waals surface area contributed by atoms with E-state index < -0.39 is 16.0 Å². The Hall–Kier alpha value is -1.67. The summed E-state index contributed by atoms with van der Waals surface area (Å²) in [5, 5.41) is 2.83. The van der Waals surface area contributed by atoms with Gasteiger partial charge in [0.05, 0.1) is 11.6 Å². The van der Waals surface area contributed by atoms with Crippen molar-refractivity contribution in [1.29, 1.82) is 0 Å². The van der Waals surface area contributed by atoms with Gasteiger partial charge in [-0.15, -0.1) is 0 Å². The van der Waals surface area contributed by atoms with Crippen molar-refractivity contribution in [2.75, 3.05) is 31.0 Å². The van der Waals surface area contributed by atoms with Crippen LogP contribution in [-0.4, -0.2) is 45.3 Å². The smallest absolute Gasteiger partial charge is 0.303 e. The van der Waals surface area contributed by atoms with Crippen LogP contribution in [0.25, 0.3) is 0 Å². The van der Waals surface area contributed by atoms with Gasteiger partial charge in [-0.3, -0.25) is 9.10 Å². The predicted molar refractivity (Wildman–Crippen MR) is 91.3 cm³/mol. The van der Waals surface area contributed by atoms with E-state index in [0.717, 1.165) is 10.7 Å². The average molecular weight is 357 g/mol. The number of hydrogen-bond donors (Lipinski definition) is 1. The lowest BCUT2D eigenvalue weighted by atomic mass is 9.99. The summed E-state index contributed by atoms with van der Waals surface area (Å²) in [6.07, 6.45) is 2.16. The molecule has 134 valence electrons. The highest BCUT2D eigenvalue weighted by Gasteiger charge is 2.34. The molecule has 0 saturated carbocycles. The Bertz CT molecular complexity index is 664. The Labute approximate surface area is 142 Å². The number of carbonyl (C=O) groups excluding carboxylic acids is 1. The molecule has 1 aromatic rings. The molecule has 1 heterocycles. The van der Waals surface area contributed by atoms with Crippen LogP contribution < -0.4 is 9.62 Å². The normalized spacial score (nSPS) is 19.0. The molecule has 0 aromatic heterocycles. The molecular formula is C16H24FN3O3S. The third kappa shape index (κ3) is 4.24. The average Bonchev–Trinajstić information content (AvgIpc) is 2.59. The van der Waals surface area contributed by atoms with Crippen LogP contribution in [0.15, 0.2) is 24.3 Å². The number of nitrogens with zero attached hydrogens (tertiary/aromatic N) is 2. The van der Waals surface area contributed by atoms with Crippen LogP contribution in [0.3, 0.4) is 0 Å².